The number of hydrogen-bond acceptors (Lipinski definition) is 5. The van der Waals surface area contributed by atoms with Crippen LogP contribution in [0.2, 0.25) is 0 Å². The van der Waals surface area contributed by atoms with Crippen LogP contribution in [-0.2, 0) is 14.9 Å². The molecule has 1 fully saturated rings. The third-order valence-corrected chi connectivity index (χ3v) is 4.68. The van der Waals surface area contributed by atoms with E-state index in [1.807, 2.05) is 4.72 Å². The first-order valence-corrected chi connectivity index (χ1v) is 8.60. The quantitative estimate of drug-likeness (QED) is 0.702. The Bertz CT molecular complexity index is 403. The summed E-state index contributed by atoms with van der Waals surface area (Å²) in [4.78, 5) is 11.2. The molecule has 0 heterocycles. The van der Waals surface area contributed by atoms with Crippen LogP contribution in [0.3, 0.4) is 0 Å². The Morgan fingerprint density at radius 2 is 1.75 bits per heavy atom. The zero-order chi connectivity index (χ0) is 15.1. The van der Waals surface area contributed by atoms with Crippen molar-refractivity contribution in [3.8, 4) is 0 Å². The van der Waals surface area contributed by atoms with Gasteiger partial charge in [0, 0.05) is 12.1 Å². The smallest absolute Gasteiger partial charge is 0.421 e. The fraction of sp³-hybridized carbons (Fsp3) is 0.917. The van der Waals surface area contributed by atoms with Crippen LogP contribution < -0.4 is 15.2 Å². The summed E-state index contributed by atoms with van der Waals surface area (Å²) in [6.45, 7) is 1.94. The van der Waals surface area contributed by atoms with Crippen molar-refractivity contribution in [1.82, 2.24) is 9.44 Å². The Balaban J connectivity index is 2.71. The molecule has 0 aromatic carbocycles. The first-order chi connectivity index (χ1) is 9.43. The van der Waals surface area contributed by atoms with E-state index in [2.05, 4.69) is 9.46 Å². The molecule has 118 valence electrons. The third-order valence-electron chi connectivity index (χ3n) is 3.55. The summed E-state index contributed by atoms with van der Waals surface area (Å²) in [6, 6.07) is 0. The minimum atomic E-state index is -3.96. The molecule has 1 amide bonds. The van der Waals surface area contributed by atoms with Gasteiger partial charge in [-0.2, -0.15) is 13.1 Å². The first-order valence-electron chi connectivity index (χ1n) is 7.11. The fourth-order valence-corrected chi connectivity index (χ4v) is 3.70. The molecule has 8 heteroatoms. The molecule has 0 aromatic rings. The molecule has 0 saturated heterocycles. The van der Waals surface area contributed by atoms with E-state index in [-0.39, 0.29) is 13.2 Å². The van der Waals surface area contributed by atoms with Crippen LogP contribution >= 0.6 is 0 Å². The highest BCUT2D eigenvalue weighted by Gasteiger charge is 2.34. The van der Waals surface area contributed by atoms with E-state index in [1.165, 1.54) is 6.42 Å². The third kappa shape index (κ3) is 5.64. The summed E-state index contributed by atoms with van der Waals surface area (Å²) in [7, 11) is -3.96. The zero-order valence-corrected chi connectivity index (χ0v) is 12.8. The van der Waals surface area contributed by atoms with Gasteiger partial charge in [0.2, 0.25) is 0 Å². The number of rotatable bonds is 5. The summed E-state index contributed by atoms with van der Waals surface area (Å²) >= 11 is 0. The molecule has 1 rings (SSSR count). The summed E-state index contributed by atoms with van der Waals surface area (Å²) in [6.07, 6.45) is 5.59. The second-order valence-electron chi connectivity index (χ2n) is 5.18. The molecule has 0 bridgehead atoms. The van der Waals surface area contributed by atoms with Crippen molar-refractivity contribution in [3.63, 3.8) is 0 Å². The van der Waals surface area contributed by atoms with Gasteiger partial charge in [0.25, 0.3) is 0 Å². The fourth-order valence-electron chi connectivity index (χ4n) is 2.51. The summed E-state index contributed by atoms with van der Waals surface area (Å²) in [5.41, 5.74) is 5.12. The molecule has 1 aliphatic carbocycles. The maximum absolute atomic E-state index is 12.0. The number of nitrogens with two attached hydrogens (primary N) is 1. The number of nitrogens with one attached hydrogen (secondary N) is 2. The molecule has 0 spiro atoms. The molecule has 1 aliphatic rings. The summed E-state index contributed by atoms with van der Waals surface area (Å²) in [5.74, 6) is 0. The number of amides is 1. The van der Waals surface area contributed by atoms with Crippen molar-refractivity contribution >= 4 is 16.3 Å². The van der Waals surface area contributed by atoms with Gasteiger partial charge in [-0.3, -0.25) is 0 Å². The number of ether oxygens (including phenoxy) is 1. The van der Waals surface area contributed by atoms with Crippen molar-refractivity contribution < 1.29 is 17.9 Å². The topological polar surface area (TPSA) is 111 Å². The van der Waals surface area contributed by atoms with Crippen molar-refractivity contribution in [2.24, 2.45) is 5.73 Å². The van der Waals surface area contributed by atoms with Crippen LogP contribution in [0, 0.1) is 0 Å². The van der Waals surface area contributed by atoms with E-state index in [1.54, 1.807) is 6.92 Å². The Hall–Kier alpha value is -0.860. The van der Waals surface area contributed by atoms with Gasteiger partial charge < -0.3 is 10.5 Å². The molecular weight excluding hydrogens is 282 g/mol. The van der Waals surface area contributed by atoms with Crippen LogP contribution in [0.15, 0.2) is 0 Å². The van der Waals surface area contributed by atoms with Crippen LogP contribution in [0.1, 0.15) is 51.9 Å². The summed E-state index contributed by atoms with van der Waals surface area (Å²) < 4.78 is 32.9. The average Bonchev–Trinajstić information content (AvgIpc) is 2.32. The van der Waals surface area contributed by atoms with Crippen LogP contribution in [0.25, 0.3) is 0 Å². The highest BCUT2D eigenvalue weighted by molar-refractivity contribution is 7.88. The Kier molecular flexibility index (Phi) is 6.70. The number of hydrogen-bond donors (Lipinski definition) is 3. The monoisotopic (exact) mass is 307 g/mol. The van der Waals surface area contributed by atoms with Crippen LogP contribution in [0.5, 0.6) is 0 Å². The minimum Gasteiger partial charge on any atom is -0.449 e. The first kappa shape index (κ1) is 17.2. The lowest BCUT2D eigenvalue weighted by Crippen LogP contribution is -2.57. The lowest BCUT2D eigenvalue weighted by Gasteiger charge is -2.34. The van der Waals surface area contributed by atoms with Gasteiger partial charge in [-0.25, -0.2) is 9.52 Å². The highest BCUT2D eigenvalue weighted by atomic mass is 32.2. The molecule has 0 unspecified atom stereocenters. The second kappa shape index (κ2) is 7.80. The lowest BCUT2D eigenvalue weighted by atomic mass is 9.85. The predicted octanol–water partition coefficient (Wildman–Crippen LogP) is 1.01. The molecule has 20 heavy (non-hydrogen) atoms. The van der Waals surface area contributed by atoms with Gasteiger partial charge in [0.15, 0.2) is 0 Å². The Morgan fingerprint density at radius 3 is 2.25 bits per heavy atom. The summed E-state index contributed by atoms with van der Waals surface area (Å²) in [5, 5.41) is 0. The lowest BCUT2D eigenvalue weighted by molar-refractivity contribution is 0.158. The van der Waals surface area contributed by atoms with Gasteiger partial charge in [-0.1, -0.05) is 32.1 Å². The van der Waals surface area contributed by atoms with Crippen LogP contribution in [0.4, 0.5) is 4.79 Å². The van der Waals surface area contributed by atoms with Gasteiger partial charge >= 0.3 is 16.3 Å². The normalized spacial score (nSPS) is 19.7. The Labute approximate surface area is 120 Å². The molecule has 1 saturated carbocycles. The van der Waals surface area contributed by atoms with E-state index in [0.717, 1.165) is 25.7 Å². The largest absolute Gasteiger partial charge is 0.449 e. The maximum atomic E-state index is 12.0. The van der Waals surface area contributed by atoms with Crippen molar-refractivity contribution in [2.45, 2.75) is 57.4 Å². The van der Waals surface area contributed by atoms with Crippen molar-refractivity contribution in [1.29, 1.82) is 0 Å². The molecule has 0 aromatic heterocycles. The van der Waals surface area contributed by atoms with E-state index in [4.69, 9.17) is 5.73 Å². The zero-order valence-electron chi connectivity index (χ0n) is 12.0. The van der Waals surface area contributed by atoms with Gasteiger partial charge in [-0.05, 0) is 19.8 Å². The number of carbonyl (C=O) groups excluding carboxylic acids is 1. The highest BCUT2D eigenvalue weighted by Crippen LogP contribution is 2.26. The van der Waals surface area contributed by atoms with E-state index in [0.29, 0.717) is 12.8 Å². The second-order valence-corrected chi connectivity index (χ2v) is 6.60. The van der Waals surface area contributed by atoms with Crippen molar-refractivity contribution in [3.05, 3.63) is 0 Å². The maximum Gasteiger partial charge on any atom is 0.421 e. The molecule has 0 aliphatic heterocycles. The Morgan fingerprint density at radius 1 is 1.20 bits per heavy atom. The molecular formula is C12H25N3O4S. The van der Waals surface area contributed by atoms with E-state index < -0.39 is 21.8 Å². The van der Waals surface area contributed by atoms with Gasteiger partial charge in [0.05, 0.1) is 6.61 Å². The average molecular weight is 307 g/mol. The van der Waals surface area contributed by atoms with Gasteiger partial charge in [0.1, 0.15) is 0 Å². The SMILES string of the molecule is CCOC(=O)NS(=O)(=O)NC1(CN)CCCCCCC1. The van der Waals surface area contributed by atoms with E-state index in [9.17, 15) is 13.2 Å². The number of carbonyl (C=O) groups is 1. The standard InChI is InChI=1S/C12H25N3O4S/c1-2-19-11(16)14-20(17,18)15-12(10-13)8-6-4-3-5-7-9-12/h15H,2-10,13H2,1H3,(H,14,16). The predicted molar refractivity (Wildman–Crippen MR) is 76.3 cm³/mol. The minimum absolute atomic E-state index is 0.114. The molecule has 7 nitrogen and oxygen atoms in total. The van der Waals surface area contributed by atoms with E-state index >= 15 is 0 Å². The molecule has 0 atom stereocenters. The van der Waals surface area contributed by atoms with Crippen LogP contribution in [-0.4, -0.2) is 33.2 Å². The van der Waals surface area contributed by atoms with Gasteiger partial charge in [-0.15, -0.1) is 0 Å². The van der Waals surface area contributed by atoms with Crippen molar-refractivity contribution in [2.75, 3.05) is 13.2 Å². The molecule has 4 N–H and O–H groups in total. The molecule has 0 radical (unpaired) electrons.